The predicted molar refractivity (Wildman–Crippen MR) is 170 cm³/mol. The highest BCUT2D eigenvalue weighted by Gasteiger charge is 2.52. The normalized spacial score (nSPS) is 20.0. The predicted octanol–water partition coefficient (Wildman–Crippen LogP) is 4.85. The smallest absolute Gasteiger partial charge is 0.271 e. The molecule has 1 aliphatic heterocycles. The first kappa shape index (κ1) is 30.7. The molecule has 3 heterocycles. The monoisotopic (exact) mass is 604 g/mol. The maximum Gasteiger partial charge on any atom is 0.271 e. The number of benzene rings is 1. The summed E-state index contributed by atoms with van der Waals surface area (Å²) in [6.07, 6.45) is 8.71. The Hall–Kier alpha value is -3.77. The molecule has 0 spiro atoms. The molecule has 4 N–H and O–H groups in total. The summed E-state index contributed by atoms with van der Waals surface area (Å²) in [5, 5.41) is 10.7. The Kier molecular flexibility index (Phi) is 8.12. The third kappa shape index (κ3) is 6.45. The molecule has 2 fully saturated rings. The van der Waals surface area contributed by atoms with E-state index in [0.717, 1.165) is 37.8 Å². The van der Waals surface area contributed by atoms with Crippen molar-refractivity contribution in [3.05, 3.63) is 59.7 Å². The van der Waals surface area contributed by atoms with Crippen molar-refractivity contribution < 1.29 is 14.0 Å². The Morgan fingerprint density at radius 3 is 2.42 bits per heavy atom. The SMILES string of the molecule is C[C@@H]1[C@H](NC(=O)c2ccc(C3(O[Si](C)(C)C(C)(C)C)CC3)cc2)CCCN1c1cnc(C(N)=O)c(Nc2cnn(C)c2)n1. The number of hydrogen-bond acceptors (Lipinski definition) is 8. The molecule has 0 radical (unpaired) electrons. The molecule has 12 heteroatoms. The van der Waals surface area contributed by atoms with Gasteiger partial charge in [0.2, 0.25) is 0 Å². The van der Waals surface area contributed by atoms with Gasteiger partial charge in [-0.2, -0.15) is 5.10 Å². The van der Waals surface area contributed by atoms with Crippen molar-refractivity contribution in [3.63, 3.8) is 0 Å². The highest BCUT2D eigenvalue weighted by molar-refractivity contribution is 6.74. The topological polar surface area (TPSA) is 140 Å². The Balaban J connectivity index is 1.27. The molecular weight excluding hydrogens is 560 g/mol. The van der Waals surface area contributed by atoms with E-state index >= 15 is 0 Å². The van der Waals surface area contributed by atoms with E-state index in [9.17, 15) is 9.59 Å². The van der Waals surface area contributed by atoms with Crippen LogP contribution >= 0.6 is 0 Å². The molecule has 1 saturated heterocycles. The number of nitrogens with one attached hydrogen (secondary N) is 2. The fourth-order valence-corrected chi connectivity index (χ4v) is 7.05. The molecule has 3 aromatic rings. The molecule has 1 saturated carbocycles. The molecular formula is C31H44N8O3Si. The van der Waals surface area contributed by atoms with Crippen molar-refractivity contribution >= 4 is 37.5 Å². The largest absolute Gasteiger partial charge is 0.407 e. The second-order valence-corrected chi connectivity index (χ2v) is 18.1. The van der Waals surface area contributed by atoms with Gasteiger partial charge in [-0.3, -0.25) is 14.3 Å². The van der Waals surface area contributed by atoms with Gasteiger partial charge in [0.05, 0.1) is 23.7 Å². The van der Waals surface area contributed by atoms with E-state index in [1.807, 2.05) is 12.1 Å². The van der Waals surface area contributed by atoms with E-state index in [0.29, 0.717) is 17.1 Å². The standard InChI is InChI=1S/C31H44N8O3Si/c1-20-24(36-29(41)21-10-12-22(13-11-21)31(14-15-31)42-43(6,7)30(2,3)4)9-8-16-39(20)25-18-33-26(27(32)40)28(37-25)35-23-17-34-38(5)19-23/h10-13,17-20,24H,8-9,14-16H2,1-7H3,(H2,32,40)(H,35,37)(H,36,41)/t20-,24-/m1/s1. The highest BCUT2D eigenvalue weighted by atomic mass is 28.4. The van der Waals surface area contributed by atoms with Gasteiger partial charge in [-0.15, -0.1) is 0 Å². The Bertz CT molecular complexity index is 1490. The van der Waals surface area contributed by atoms with Gasteiger partial charge >= 0.3 is 0 Å². The van der Waals surface area contributed by atoms with E-state index in [2.05, 4.69) is 78.5 Å². The zero-order valence-electron chi connectivity index (χ0n) is 26.3. The summed E-state index contributed by atoms with van der Waals surface area (Å²) in [5.41, 5.74) is 7.85. The average Bonchev–Trinajstić information content (AvgIpc) is 3.60. The summed E-state index contributed by atoms with van der Waals surface area (Å²) < 4.78 is 8.47. The molecule has 2 aliphatic rings. The van der Waals surface area contributed by atoms with Crippen LogP contribution in [-0.4, -0.2) is 58.5 Å². The summed E-state index contributed by atoms with van der Waals surface area (Å²) in [4.78, 5) is 36.6. The fourth-order valence-electron chi connectivity index (χ4n) is 5.45. The number of carbonyl (C=O) groups is 2. The van der Waals surface area contributed by atoms with Crippen LogP contribution in [0.3, 0.4) is 0 Å². The Morgan fingerprint density at radius 1 is 1.14 bits per heavy atom. The molecule has 2 atom stereocenters. The minimum Gasteiger partial charge on any atom is -0.407 e. The molecule has 2 amide bonds. The summed E-state index contributed by atoms with van der Waals surface area (Å²) in [6.45, 7) is 14.2. The van der Waals surface area contributed by atoms with Gasteiger partial charge in [-0.05, 0) is 68.4 Å². The van der Waals surface area contributed by atoms with Crippen molar-refractivity contribution in [1.82, 2.24) is 25.1 Å². The lowest BCUT2D eigenvalue weighted by Crippen LogP contribution is -2.54. The van der Waals surface area contributed by atoms with Crippen molar-refractivity contribution in [3.8, 4) is 0 Å². The van der Waals surface area contributed by atoms with Crippen LogP contribution in [0.1, 0.15) is 79.8 Å². The lowest BCUT2D eigenvalue weighted by molar-refractivity contribution is 0.0923. The molecule has 2 aromatic heterocycles. The number of anilines is 3. The maximum atomic E-state index is 13.4. The second-order valence-electron chi connectivity index (χ2n) is 13.4. The van der Waals surface area contributed by atoms with Gasteiger partial charge in [0.15, 0.2) is 19.8 Å². The molecule has 0 bridgehead atoms. The van der Waals surface area contributed by atoms with Crippen LogP contribution < -0.4 is 21.3 Å². The van der Waals surface area contributed by atoms with Crippen LogP contribution in [0, 0.1) is 0 Å². The van der Waals surface area contributed by atoms with Crippen LogP contribution in [0.5, 0.6) is 0 Å². The number of carbonyl (C=O) groups excluding carboxylic acids is 2. The molecule has 230 valence electrons. The maximum absolute atomic E-state index is 13.4. The highest BCUT2D eigenvalue weighted by Crippen LogP contribution is 2.54. The van der Waals surface area contributed by atoms with Gasteiger partial charge in [0, 0.05) is 37.4 Å². The minimum absolute atomic E-state index is 0.0493. The third-order valence-electron chi connectivity index (χ3n) is 9.19. The Labute approximate surface area is 254 Å². The third-order valence-corrected chi connectivity index (χ3v) is 13.7. The number of rotatable bonds is 9. The van der Waals surface area contributed by atoms with Crippen LogP contribution in [0.4, 0.5) is 17.3 Å². The zero-order valence-corrected chi connectivity index (χ0v) is 27.3. The van der Waals surface area contributed by atoms with Crippen LogP contribution in [0.25, 0.3) is 0 Å². The molecule has 1 aliphatic carbocycles. The number of aromatic nitrogens is 4. The molecule has 0 unspecified atom stereocenters. The van der Waals surface area contributed by atoms with E-state index in [1.165, 1.54) is 0 Å². The van der Waals surface area contributed by atoms with Crippen LogP contribution in [0.15, 0.2) is 42.9 Å². The van der Waals surface area contributed by atoms with E-state index < -0.39 is 14.2 Å². The molecule has 43 heavy (non-hydrogen) atoms. The average molecular weight is 605 g/mol. The van der Waals surface area contributed by atoms with Crippen LogP contribution in [0.2, 0.25) is 18.1 Å². The minimum atomic E-state index is -1.92. The van der Waals surface area contributed by atoms with E-state index in [-0.39, 0.29) is 40.1 Å². The first-order valence-electron chi connectivity index (χ1n) is 15.0. The zero-order chi connectivity index (χ0) is 31.2. The van der Waals surface area contributed by atoms with Gasteiger partial charge < -0.3 is 25.7 Å². The number of amides is 2. The number of nitrogens with zero attached hydrogens (tertiary/aromatic N) is 5. The molecule has 1 aromatic carbocycles. The van der Waals surface area contributed by atoms with Crippen molar-refractivity contribution in [1.29, 1.82) is 0 Å². The first-order chi connectivity index (χ1) is 20.2. The van der Waals surface area contributed by atoms with Crippen molar-refractivity contribution in [2.24, 2.45) is 12.8 Å². The van der Waals surface area contributed by atoms with Crippen LogP contribution in [-0.2, 0) is 17.1 Å². The van der Waals surface area contributed by atoms with Gasteiger partial charge in [0.1, 0.15) is 5.82 Å². The van der Waals surface area contributed by atoms with E-state index in [1.54, 1.807) is 30.3 Å². The number of hydrogen-bond donors (Lipinski definition) is 3. The van der Waals surface area contributed by atoms with Gasteiger partial charge in [0.25, 0.3) is 11.8 Å². The summed E-state index contributed by atoms with van der Waals surface area (Å²) in [6, 6.07) is 7.79. The quantitative estimate of drug-likeness (QED) is 0.295. The fraction of sp³-hybridized carbons (Fsp3) is 0.516. The number of piperidine rings is 1. The molecule has 5 rings (SSSR count). The lowest BCUT2D eigenvalue weighted by Gasteiger charge is -2.40. The first-order valence-corrected chi connectivity index (χ1v) is 17.9. The van der Waals surface area contributed by atoms with E-state index in [4.69, 9.17) is 15.1 Å². The van der Waals surface area contributed by atoms with Crippen molar-refractivity contribution in [2.75, 3.05) is 16.8 Å². The Morgan fingerprint density at radius 2 is 1.84 bits per heavy atom. The van der Waals surface area contributed by atoms with Gasteiger partial charge in [-0.25, -0.2) is 9.97 Å². The molecule has 11 nitrogen and oxygen atoms in total. The second kappa shape index (κ2) is 11.4. The van der Waals surface area contributed by atoms with Crippen molar-refractivity contribution in [2.45, 2.75) is 89.2 Å². The summed E-state index contributed by atoms with van der Waals surface area (Å²) >= 11 is 0. The number of aryl methyl sites for hydroxylation is 1. The lowest BCUT2D eigenvalue weighted by atomic mass is 9.96. The van der Waals surface area contributed by atoms with Gasteiger partial charge in [-0.1, -0.05) is 32.9 Å². The summed E-state index contributed by atoms with van der Waals surface area (Å²) in [7, 11) is -0.123. The number of nitrogens with two attached hydrogens (primary N) is 1. The summed E-state index contributed by atoms with van der Waals surface area (Å²) in [5.74, 6) is 0.0908. The number of primary amides is 1.